The number of hydrogen-bond acceptors (Lipinski definition) is 3. The summed E-state index contributed by atoms with van der Waals surface area (Å²) >= 11 is 1.91. The summed E-state index contributed by atoms with van der Waals surface area (Å²) in [4.78, 5) is 0. The number of benzene rings is 1. The van der Waals surface area contributed by atoms with E-state index in [0.29, 0.717) is 11.0 Å². The summed E-state index contributed by atoms with van der Waals surface area (Å²) in [6, 6.07) is 4.62. The van der Waals surface area contributed by atoms with Gasteiger partial charge in [-0.3, -0.25) is 0 Å². The van der Waals surface area contributed by atoms with Crippen LogP contribution < -0.4 is 10.5 Å². The molecule has 0 aliphatic carbocycles. The molecule has 2 N–H and O–H groups in total. The molecule has 0 saturated carbocycles. The van der Waals surface area contributed by atoms with Crippen LogP contribution in [0, 0.1) is 5.82 Å². The van der Waals surface area contributed by atoms with Gasteiger partial charge in [0.05, 0.1) is 0 Å². The van der Waals surface area contributed by atoms with E-state index in [1.807, 2.05) is 11.8 Å². The molecule has 92 valence electrons. The van der Waals surface area contributed by atoms with Gasteiger partial charge in [-0.25, -0.2) is 4.39 Å². The molecule has 3 rings (SSSR count). The van der Waals surface area contributed by atoms with E-state index in [0.717, 1.165) is 24.2 Å². The highest BCUT2D eigenvalue weighted by Crippen LogP contribution is 2.48. The van der Waals surface area contributed by atoms with E-state index in [4.69, 9.17) is 10.5 Å². The zero-order valence-corrected chi connectivity index (χ0v) is 10.6. The molecule has 3 unspecified atom stereocenters. The van der Waals surface area contributed by atoms with E-state index in [1.54, 1.807) is 6.07 Å². The molecule has 2 nitrogen and oxygen atoms in total. The van der Waals surface area contributed by atoms with Crippen molar-refractivity contribution in [2.75, 3.05) is 5.75 Å². The van der Waals surface area contributed by atoms with Crippen LogP contribution >= 0.6 is 11.8 Å². The first-order valence-corrected chi connectivity index (χ1v) is 7.01. The van der Waals surface area contributed by atoms with Crippen LogP contribution in [-0.2, 0) is 0 Å². The number of rotatable bonds is 0. The smallest absolute Gasteiger partial charge is 0.127 e. The Balaban J connectivity index is 2.02. The Hall–Kier alpha value is -0.740. The van der Waals surface area contributed by atoms with Gasteiger partial charge >= 0.3 is 0 Å². The van der Waals surface area contributed by atoms with Crippen molar-refractivity contribution >= 4 is 11.8 Å². The summed E-state index contributed by atoms with van der Waals surface area (Å²) in [6.07, 6.45) is 1.84. The highest BCUT2D eigenvalue weighted by molar-refractivity contribution is 8.00. The van der Waals surface area contributed by atoms with Gasteiger partial charge in [-0.05, 0) is 25.2 Å². The van der Waals surface area contributed by atoms with Crippen LogP contribution in [0.25, 0.3) is 0 Å². The van der Waals surface area contributed by atoms with E-state index in [-0.39, 0.29) is 17.5 Å². The Kier molecular flexibility index (Phi) is 2.60. The van der Waals surface area contributed by atoms with Crippen LogP contribution in [0.15, 0.2) is 18.2 Å². The second kappa shape index (κ2) is 3.89. The Bertz CT molecular complexity index is 453. The maximum atomic E-state index is 13.3. The molecule has 0 aromatic heterocycles. The first-order valence-electron chi connectivity index (χ1n) is 5.96. The van der Waals surface area contributed by atoms with Crippen LogP contribution in [0.4, 0.5) is 4.39 Å². The molecule has 2 aliphatic heterocycles. The first kappa shape index (κ1) is 11.4. The fourth-order valence-electron chi connectivity index (χ4n) is 2.81. The van der Waals surface area contributed by atoms with Crippen molar-refractivity contribution in [1.29, 1.82) is 0 Å². The first-order chi connectivity index (χ1) is 8.11. The van der Waals surface area contributed by atoms with Gasteiger partial charge in [0.25, 0.3) is 0 Å². The van der Waals surface area contributed by atoms with Gasteiger partial charge in [-0.1, -0.05) is 6.07 Å². The van der Waals surface area contributed by atoms with Crippen LogP contribution in [0.5, 0.6) is 5.75 Å². The number of ether oxygens (including phenoxy) is 1. The lowest BCUT2D eigenvalue weighted by atomic mass is 9.84. The summed E-state index contributed by atoms with van der Waals surface area (Å²) in [5, 5.41) is 0.421. The highest BCUT2D eigenvalue weighted by Gasteiger charge is 2.47. The molecule has 0 bridgehead atoms. The van der Waals surface area contributed by atoms with E-state index in [9.17, 15) is 4.39 Å². The molecule has 0 amide bonds. The normalized spacial score (nSPS) is 35.7. The average molecular weight is 253 g/mol. The molecule has 4 heteroatoms. The van der Waals surface area contributed by atoms with Crippen molar-refractivity contribution < 1.29 is 9.13 Å². The number of fused-ring (bicyclic) bond motifs is 1. The second-order valence-electron chi connectivity index (χ2n) is 4.92. The molecular formula is C13H16FNOS. The number of hydrogen-bond donors (Lipinski definition) is 1. The van der Waals surface area contributed by atoms with E-state index in [1.165, 1.54) is 12.1 Å². The summed E-state index contributed by atoms with van der Waals surface area (Å²) in [6.45, 7) is 2.18. The molecule has 1 aromatic carbocycles. The fourth-order valence-corrected chi connectivity index (χ4v) is 4.19. The van der Waals surface area contributed by atoms with Gasteiger partial charge in [0, 0.05) is 29.3 Å². The van der Waals surface area contributed by atoms with Crippen molar-refractivity contribution in [3.8, 4) is 5.75 Å². The van der Waals surface area contributed by atoms with Gasteiger partial charge in [0.2, 0.25) is 0 Å². The zero-order valence-electron chi connectivity index (χ0n) is 9.78. The van der Waals surface area contributed by atoms with E-state index >= 15 is 0 Å². The van der Waals surface area contributed by atoms with E-state index < -0.39 is 0 Å². The SMILES string of the molecule is CC1SCCC12CC(N)c1ccc(F)cc1O2. The Morgan fingerprint density at radius 2 is 2.35 bits per heavy atom. The van der Waals surface area contributed by atoms with Crippen LogP contribution in [0.3, 0.4) is 0 Å². The second-order valence-corrected chi connectivity index (χ2v) is 6.37. The lowest BCUT2D eigenvalue weighted by Crippen LogP contribution is -2.47. The lowest BCUT2D eigenvalue weighted by Gasteiger charge is -2.41. The van der Waals surface area contributed by atoms with Crippen molar-refractivity contribution in [1.82, 2.24) is 0 Å². The lowest BCUT2D eigenvalue weighted by molar-refractivity contribution is 0.0407. The summed E-state index contributed by atoms with van der Waals surface area (Å²) in [5.41, 5.74) is 6.94. The van der Waals surface area contributed by atoms with Crippen molar-refractivity contribution in [3.63, 3.8) is 0 Å². The van der Waals surface area contributed by atoms with Crippen molar-refractivity contribution in [2.45, 2.75) is 36.7 Å². The summed E-state index contributed by atoms with van der Waals surface area (Å²) < 4.78 is 19.4. The fraction of sp³-hybridized carbons (Fsp3) is 0.538. The summed E-state index contributed by atoms with van der Waals surface area (Å²) in [7, 11) is 0. The third-order valence-electron chi connectivity index (χ3n) is 3.89. The molecule has 1 aromatic rings. The van der Waals surface area contributed by atoms with Crippen molar-refractivity contribution in [3.05, 3.63) is 29.6 Å². The molecule has 2 aliphatic rings. The van der Waals surface area contributed by atoms with Gasteiger partial charge < -0.3 is 10.5 Å². The molecule has 0 radical (unpaired) electrons. The van der Waals surface area contributed by atoms with Crippen LogP contribution in [-0.4, -0.2) is 16.6 Å². The van der Waals surface area contributed by atoms with Crippen LogP contribution in [0.1, 0.15) is 31.4 Å². The van der Waals surface area contributed by atoms with Crippen LogP contribution in [0.2, 0.25) is 0 Å². The maximum absolute atomic E-state index is 13.3. The average Bonchev–Trinajstić information content (AvgIpc) is 2.59. The third kappa shape index (κ3) is 1.74. The topological polar surface area (TPSA) is 35.2 Å². The van der Waals surface area contributed by atoms with E-state index in [2.05, 4.69) is 6.92 Å². The molecule has 17 heavy (non-hydrogen) atoms. The van der Waals surface area contributed by atoms with Gasteiger partial charge in [-0.15, -0.1) is 0 Å². The molecule has 2 heterocycles. The Morgan fingerprint density at radius 1 is 1.53 bits per heavy atom. The van der Waals surface area contributed by atoms with Gasteiger partial charge in [0.15, 0.2) is 0 Å². The predicted molar refractivity (Wildman–Crippen MR) is 67.8 cm³/mol. The molecule has 1 spiro atoms. The predicted octanol–water partition coefficient (Wildman–Crippen LogP) is 2.87. The molecular weight excluding hydrogens is 237 g/mol. The maximum Gasteiger partial charge on any atom is 0.127 e. The molecule has 1 fully saturated rings. The number of halogens is 1. The van der Waals surface area contributed by atoms with Gasteiger partial charge in [-0.2, -0.15) is 11.8 Å². The Morgan fingerprint density at radius 3 is 3.06 bits per heavy atom. The quantitative estimate of drug-likeness (QED) is 0.772. The minimum Gasteiger partial charge on any atom is -0.486 e. The third-order valence-corrected chi connectivity index (χ3v) is 5.26. The standard InChI is InChI=1S/C13H16FNOS/c1-8-13(4-5-17-8)7-11(15)10-3-2-9(14)6-12(10)16-13/h2-3,6,8,11H,4-5,7,15H2,1H3. The zero-order chi connectivity index (χ0) is 12.0. The minimum absolute atomic E-state index is 0.0412. The number of thioether (sulfide) groups is 1. The largest absolute Gasteiger partial charge is 0.486 e. The molecule has 1 saturated heterocycles. The van der Waals surface area contributed by atoms with Gasteiger partial charge in [0.1, 0.15) is 17.2 Å². The Labute approximate surface area is 105 Å². The minimum atomic E-state index is -0.258. The number of nitrogens with two attached hydrogens (primary N) is 1. The van der Waals surface area contributed by atoms with Crippen molar-refractivity contribution in [2.24, 2.45) is 5.73 Å². The summed E-state index contributed by atoms with van der Waals surface area (Å²) in [5.74, 6) is 1.47. The highest BCUT2D eigenvalue weighted by atomic mass is 32.2. The molecule has 3 atom stereocenters. The monoisotopic (exact) mass is 253 g/mol.